The Hall–Kier alpha value is -2.73. The zero-order chi connectivity index (χ0) is 19.9. The molecule has 1 amide bonds. The number of hydrogen-bond acceptors (Lipinski definition) is 4. The van der Waals surface area contributed by atoms with E-state index in [2.05, 4.69) is 35.4 Å². The van der Waals surface area contributed by atoms with Crippen LogP contribution in [-0.2, 0) is 17.6 Å². The Bertz CT molecular complexity index is 939. The van der Waals surface area contributed by atoms with Gasteiger partial charge in [0.2, 0.25) is 5.91 Å². The lowest BCUT2D eigenvalue weighted by Gasteiger charge is -2.21. The quantitative estimate of drug-likeness (QED) is 0.629. The largest absolute Gasteiger partial charge is 0.496 e. The van der Waals surface area contributed by atoms with Gasteiger partial charge in [-0.2, -0.15) is 0 Å². The number of carbonyl (C=O) groups excluding carboxylic acids is 1. The molecule has 2 aromatic carbocycles. The van der Waals surface area contributed by atoms with Gasteiger partial charge in [0.05, 0.1) is 12.9 Å². The number of nitrogens with zero attached hydrogens (tertiary/aromatic N) is 2. The molecular weight excluding hydrogens is 370 g/mol. The highest BCUT2D eigenvalue weighted by molar-refractivity contribution is 7.99. The predicted octanol–water partition coefficient (Wildman–Crippen LogP) is 3.88. The van der Waals surface area contributed by atoms with Crippen LogP contribution in [-0.4, -0.2) is 28.3 Å². The lowest BCUT2D eigenvalue weighted by molar-refractivity contribution is -0.119. The molecule has 28 heavy (non-hydrogen) atoms. The summed E-state index contributed by atoms with van der Waals surface area (Å²) in [5.74, 6) is 2.64. The number of imidazole rings is 1. The highest BCUT2D eigenvalue weighted by Crippen LogP contribution is 2.29. The fourth-order valence-corrected chi connectivity index (χ4v) is 3.89. The van der Waals surface area contributed by atoms with Crippen molar-refractivity contribution in [1.29, 1.82) is 0 Å². The second-order valence-electron chi connectivity index (χ2n) is 6.62. The van der Waals surface area contributed by atoms with Crippen molar-refractivity contribution in [3.63, 3.8) is 0 Å². The van der Waals surface area contributed by atoms with Gasteiger partial charge in [0, 0.05) is 30.8 Å². The molecule has 1 heterocycles. The molecule has 1 unspecified atom stereocenters. The Morgan fingerprint density at radius 3 is 2.79 bits per heavy atom. The van der Waals surface area contributed by atoms with Gasteiger partial charge in [-0.1, -0.05) is 48.0 Å². The second-order valence-corrected chi connectivity index (χ2v) is 7.61. The molecule has 0 aliphatic heterocycles. The SMILES string of the molecule is COc1ccccc1C(NC(=O)CSCc1cccc(C)c1)c1nccn1C. The second kappa shape index (κ2) is 9.46. The van der Waals surface area contributed by atoms with E-state index in [4.69, 9.17) is 4.74 Å². The summed E-state index contributed by atoms with van der Waals surface area (Å²) in [7, 11) is 3.55. The highest BCUT2D eigenvalue weighted by Gasteiger charge is 2.23. The van der Waals surface area contributed by atoms with Crippen molar-refractivity contribution in [2.45, 2.75) is 18.7 Å². The number of aryl methyl sites for hydroxylation is 2. The molecule has 0 spiro atoms. The third kappa shape index (κ3) is 4.95. The maximum absolute atomic E-state index is 12.7. The molecule has 1 N–H and O–H groups in total. The lowest BCUT2D eigenvalue weighted by atomic mass is 10.0. The number of para-hydroxylation sites is 1. The van der Waals surface area contributed by atoms with E-state index in [0.717, 1.165) is 22.9 Å². The summed E-state index contributed by atoms with van der Waals surface area (Å²) in [5.41, 5.74) is 3.34. The maximum Gasteiger partial charge on any atom is 0.230 e. The molecule has 0 aliphatic carbocycles. The summed E-state index contributed by atoms with van der Waals surface area (Å²) in [5, 5.41) is 3.13. The first-order valence-corrected chi connectivity index (χ1v) is 10.3. The zero-order valence-corrected chi connectivity index (χ0v) is 17.2. The molecule has 0 saturated heterocycles. The molecule has 0 bridgehead atoms. The van der Waals surface area contributed by atoms with E-state index in [9.17, 15) is 4.79 Å². The molecular formula is C22H25N3O2S. The van der Waals surface area contributed by atoms with E-state index in [0.29, 0.717) is 5.75 Å². The number of aromatic nitrogens is 2. The number of hydrogen-bond donors (Lipinski definition) is 1. The number of carbonyl (C=O) groups is 1. The molecule has 1 atom stereocenters. The Kier molecular flexibility index (Phi) is 6.76. The topological polar surface area (TPSA) is 56.1 Å². The van der Waals surface area contributed by atoms with Crippen LogP contribution in [0.15, 0.2) is 60.9 Å². The number of ether oxygens (including phenoxy) is 1. The number of benzene rings is 2. The molecule has 0 radical (unpaired) electrons. The fraction of sp³-hybridized carbons (Fsp3) is 0.273. The van der Waals surface area contributed by atoms with E-state index < -0.39 is 0 Å². The molecule has 0 fully saturated rings. The van der Waals surface area contributed by atoms with Crippen molar-refractivity contribution in [1.82, 2.24) is 14.9 Å². The normalized spacial score (nSPS) is 11.8. The Morgan fingerprint density at radius 2 is 2.07 bits per heavy atom. The van der Waals surface area contributed by atoms with Crippen molar-refractivity contribution >= 4 is 17.7 Å². The van der Waals surface area contributed by atoms with Gasteiger partial charge in [-0.15, -0.1) is 11.8 Å². The van der Waals surface area contributed by atoms with E-state index in [1.54, 1.807) is 25.1 Å². The van der Waals surface area contributed by atoms with Gasteiger partial charge in [-0.3, -0.25) is 4.79 Å². The Balaban J connectivity index is 1.71. The Morgan fingerprint density at radius 1 is 1.25 bits per heavy atom. The summed E-state index contributed by atoms with van der Waals surface area (Å²) in [6, 6.07) is 15.7. The first kappa shape index (κ1) is 20.0. The number of amides is 1. The van der Waals surface area contributed by atoms with Crippen molar-refractivity contribution in [3.05, 3.63) is 83.4 Å². The van der Waals surface area contributed by atoms with Gasteiger partial charge in [-0.25, -0.2) is 4.98 Å². The maximum atomic E-state index is 12.7. The van der Waals surface area contributed by atoms with E-state index in [-0.39, 0.29) is 11.9 Å². The molecule has 146 valence electrons. The van der Waals surface area contributed by atoms with Gasteiger partial charge in [0.15, 0.2) is 0 Å². The molecule has 5 nitrogen and oxygen atoms in total. The summed E-state index contributed by atoms with van der Waals surface area (Å²) in [4.78, 5) is 17.1. The van der Waals surface area contributed by atoms with Gasteiger partial charge in [0.1, 0.15) is 17.6 Å². The highest BCUT2D eigenvalue weighted by atomic mass is 32.2. The van der Waals surface area contributed by atoms with Crippen LogP contribution < -0.4 is 10.1 Å². The lowest BCUT2D eigenvalue weighted by Crippen LogP contribution is -2.32. The third-order valence-electron chi connectivity index (χ3n) is 4.46. The fourth-order valence-electron chi connectivity index (χ4n) is 3.11. The van der Waals surface area contributed by atoms with Crippen LogP contribution in [0.3, 0.4) is 0 Å². The van der Waals surface area contributed by atoms with Crippen LogP contribution in [0.5, 0.6) is 5.75 Å². The van der Waals surface area contributed by atoms with Gasteiger partial charge in [0.25, 0.3) is 0 Å². The number of nitrogens with one attached hydrogen (secondary N) is 1. The minimum Gasteiger partial charge on any atom is -0.496 e. The van der Waals surface area contributed by atoms with Crippen molar-refractivity contribution in [3.8, 4) is 5.75 Å². The monoisotopic (exact) mass is 395 g/mol. The smallest absolute Gasteiger partial charge is 0.230 e. The van der Waals surface area contributed by atoms with Crippen LogP contribution in [0, 0.1) is 6.92 Å². The molecule has 6 heteroatoms. The van der Waals surface area contributed by atoms with Crippen LogP contribution >= 0.6 is 11.8 Å². The van der Waals surface area contributed by atoms with E-state index in [1.807, 2.05) is 48.1 Å². The first-order chi connectivity index (χ1) is 13.6. The van der Waals surface area contributed by atoms with Gasteiger partial charge in [-0.05, 0) is 18.6 Å². The molecule has 1 aromatic heterocycles. The van der Waals surface area contributed by atoms with Crippen molar-refractivity contribution in [2.75, 3.05) is 12.9 Å². The van der Waals surface area contributed by atoms with E-state index >= 15 is 0 Å². The summed E-state index contributed by atoms with van der Waals surface area (Å²) < 4.78 is 7.42. The number of thioether (sulfide) groups is 1. The molecule has 0 aliphatic rings. The summed E-state index contributed by atoms with van der Waals surface area (Å²) in [6.45, 7) is 2.07. The van der Waals surface area contributed by atoms with Crippen molar-refractivity contribution in [2.24, 2.45) is 7.05 Å². The predicted molar refractivity (Wildman–Crippen MR) is 114 cm³/mol. The van der Waals surface area contributed by atoms with Gasteiger partial charge >= 0.3 is 0 Å². The molecule has 0 saturated carbocycles. The first-order valence-electron chi connectivity index (χ1n) is 9.11. The Labute approximate surface area is 170 Å². The van der Waals surface area contributed by atoms with Crippen LogP contribution in [0.4, 0.5) is 0 Å². The van der Waals surface area contributed by atoms with Crippen LogP contribution in [0.1, 0.15) is 28.6 Å². The minimum atomic E-state index is -0.372. The van der Waals surface area contributed by atoms with Crippen LogP contribution in [0.25, 0.3) is 0 Å². The molecule has 3 aromatic rings. The summed E-state index contributed by atoms with van der Waals surface area (Å²) in [6.07, 6.45) is 3.60. The van der Waals surface area contributed by atoms with E-state index in [1.165, 1.54) is 11.1 Å². The average molecular weight is 396 g/mol. The summed E-state index contributed by atoms with van der Waals surface area (Å²) >= 11 is 1.60. The minimum absolute atomic E-state index is 0.0310. The standard InChI is InChI=1S/C22H25N3O2S/c1-16-7-6-8-17(13-16)14-28-15-20(26)24-21(22-23-11-12-25(22)2)18-9-4-5-10-19(18)27-3/h4-13,21H,14-15H2,1-3H3,(H,24,26). The third-order valence-corrected chi connectivity index (χ3v) is 5.46. The average Bonchev–Trinajstić information content (AvgIpc) is 3.12. The number of rotatable bonds is 8. The zero-order valence-electron chi connectivity index (χ0n) is 16.4. The number of methoxy groups -OCH3 is 1. The molecule has 3 rings (SSSR count). The van der Waals surface area contributed by atoms with Crippen molar-refractivity contribution < 1.29 is 9.53 Å². The van der Waals surface area contributed by atoms with Gasteiger partial charge < -0.3 is 14.6 Å². The van der Waals surface area contributed by atoms with Crippen LogP contribution in [0.2, 0.25) is 0 Å².